The average molecular weight is 441 g/mol. The molecule has 0 radical (unpaired) electrons. The first-order chi connectivity index (χ1) is 13.9. The van der Waals surface area contributed by atoms with Crippen LogP contribution in [0.1, 0.15) is 12.1 Å². The van der Waals surface area contributed by atoms with Crippen molar-refractivity contribution in [3.63, 3.8) is 0 Å². The molecule has 0 aliphatic carbocycles. The first-order valence-electron chi connectivity index (χ1n) is 8.54. The second-order valence-corrected chi connectivity index (χ2v) is 7.73. The van der Waals surface area contributed by atoms with Crippen molar-refractivity contribution in [3.05, 3.63) is 35.2 Å². The first kappa shape index (κ1) is 18.2. The number of rotatable bonds is 3. The van der Waals surface area contributed by atoms with Gasteiger partial charge in [0.15, 0.2) is 5.69 Å². The zero-order valence-electron chi connectivity index (χ0n) is 14.5. The molecule has 1 aliphatic heterocycles. The fourth-order valence-corrected chi connectivity index (χ4v) is 4.21. The number of nitrogens with zero attached hydrogens (tertiary/aromatic N) is 6. The van der Waals surface area contributed by atoms with Gasteiger partial charge in [0.2, 0.25) is 16.2 Å². The molecule has 4 aromatic rings. The molecule has 5 rings (SSSR count). The van der Waals surface area contributed by atoms with E-state index in [0.717, 1.165) is 17.1 Å². The predicted octanol–water partition coefficient (Wildman–Crippen LogP) is 4.57. The van der Waals surface area contributed by atoms with Crippen LogP contribution in [0.2, 0.25) is 5.02 Å². The van der Waals surface area contributed by atoms with Crippen molar-refractivity contribution >= 4 is 55.7 Å². The Morgan fingerprint density at radius 3 is 2.90 bits per heavy atom. The Morgan fingerprint density at radius 2 is 2.07 bits per heavy atom. The Kier molecular flexibility index (Phi) is 4.13. The van der Waals surface area contributed by atoms with E-state index >= 15 is 0 Å². The van der Waals surface area contributed by atoms with Gasteiger partial charge >= 0.3 is 6.18 Å². The van der Waals surface area contributed by atoms with Crippen molar-refractivity contribution in [3.8, 4) is 0 Å². The molecule has 1 aliphatic rings. The van der Waals surface area contributed by atoms with Gasteiger partial charge in [0.25, 0.3) is 0 Å². The maximum atomic E-state index is 13.0. The second kappa shape index (κ2) is 6.59. The Labute approximate surface area is 170 Å². The third-order valence-corrected chi connectivity index (χ3v) is 5.78. The molecule has 0 saturated heterocycles. The molecule has 2 N–H and O–H groups in total. The maximum Gasteiger partial charge on any atom is 0.434 e. The van der Waals surface area contributed by atoms with E-state index in [9.17, 15) is 13.2 Å². The van der Waals surface area contributed by atoms with Crippen LogP contribution in [0.25, 0.3) is 10.9 Å². The number of hydrogen-bond donors (Lipinski definition) is 2. The molecule has 1 aromatic carbocycles. The second-order valence-electron chi connectivity index (χ2n) is 6.40. The number of anilines is 4. The van der Waals surface area contributed by atoms with Gasteiger partial charge < -0.3 is 9.88 Å². The van der Waals surface area contributed by atoms with Crippen LogP contribution in [0.4, 0.5) is 35.1 Å². The zero-order valence-corrected chi connectivity index (χ0v) is 16.1. The molecular weight excluding hydrogens is 429 g/mol. The average Bonchev–Trinajstić information content (AvgIpc) is 3.42. The van der Waals surface area contributed by atoms with Gasteiger partial charge in [-0.3, -0.25) is 10.00 Å². The summed E-state index contributed by atoms with van der Waals surface area (Å²) in [6.07, 6.45) is -1.17. The minimum Gasteiger partial charge on any atom is -0.329 e. The number of alkyl halides is 3. The molecule has 29 heavy (non-hydrogen) atoms. The molecule has 3 aromatic heterocycles. The maximum absolute atomic E-state index is 13.0. The summed E-state index contributed by atoms with van der Waals surface area (Å²) in [6.45, 7) is 0.976. The monoisotopic (exact) mass is 440 g/mol. The van der Waals surface area contributed by atoms with Gasteiger partial charge in [-0.05, 0) is 18.6 Å². The quantitative estimate of drug-likeness (QED) is 0.485. The van der Waals surface area contributed by atoms with Crippen LogP contribution in [0.5, 0.6) is 0 Å². The van der Waals surface area contributed by atoms with E-state index in [1.165, 1.54) is 15.9 Å². The summed E-state index contributed by atoms with van der Waals surface area (Å²) < 4.78 is 40.6. The Hall–Kier alpha value is -2.86. The number of aromatic nitrogens is 6. The lowest BCUT2D eigenvalue weighted by Crippen LogP contribution is -2.27. The molecule has 8 nitrogen and oxygen atoms in total. The Morgan fingerprint density at radius 1 is 1.21 bits per heavy atom. The van der Waals surface area contributed by atoms with E-state index in [2.05, 4.69) is 30.7 Å². The Balaban J connectivity index is 1.43. The number of benzene rings is 1. The molecular formula is C16H12ClF3N8S. The number of imidazole rings is 1. The van der Waals surface area contributed by atoms with Crippen LogP contribution in [0.3, 0.4) is 0 Å². The number of nitrogens with one attached hydrogen (secondary N) is 2. The molecule has 0 fully saturated rings. The summed E-state index contributed by atoms with van der Waals surface area (Å²) in [5.74, 6) is 0.212. The van der Waals surface area contributed by atoms with Crippen LogP contribution in [-0.4, -0.2) is 36.5 Å². The van der Waals surface area contributed by atoms with E-state index in [-0.39, 0.29) is 5.95 Å². The van der Waals surface area contributed by atoms with E-state index in [1.54, 1.807) is 17.2 Å². The highest BCUT2D eigenvalue weighted by Crippen LogP contribution is 2.38. The standard InChI is InChI=1S/C16H12ClF3N8S/c17-12-8-6-21-24-9(8)2-3-10(12)22-13-25-26-15(29-13)28-5-1-4-27-7-11(16(18,19)20)23-14(27)28/h2-3,6-7H,1,4-5H2,(H,21,24)(H,22,25). The zero-order chi connectivity index (χ0) is 20.2. The van der Waals surface area contributed by atoms with Gasteiger partial charge in [0, 0.05) is 24.7 Å². The van der Waals surface area contributed by atoms with Gasteiger partial charge in [-0.25, -0.2) is 4.98 Å². The van der Waals surface area contributed by atoms with Crippen molar-refractivity contribution in [2.24, 2.45) is 0 Å². The van der Waals surface area contributed by atoms with Gasteiger partial charge in [-0.1, -0.05) is 22.9 Å². The van der Waals surface area contributed by atoms with Gasteiger partial charge in [0.1, 0.15) is 0 Å². The van der Waals surface area contributed by atoms with Crippen LogP contribution in [0.15, 0.2) is 24.5 Å². The number of fused-ring (bicyclic) bond motifs is 2. The SMILES string of the molecule is FC(F)(F)c1cn2c(n1)N(c1nnc(Nc3ccc4[nH]ncc4c3Cl)s1)CCC2. The summed E-state index contributed by atoms with van der Waals surface area (Å²) in [4.78, 5) is 5.41. The molecule has 0 spiro atoms. The largest absolute Gasteiger partial charge is 0.434 e. The summed E-state index contributed by atoms with van der Waals surface area (Å²) in [6, 6.07) is 3.62. The first-order valence-corrected chi connectivity index (χ1v) is 9.73. The molecule has 13 heteroatoms. The molecule has 0 saturated carbocycles. The highest BCUT2D eigenvalue weighted by Gasteiger charge is 2.37. The summed E-state index contributed by atoms with van der Waals surface area (Å²) >= 11 is 7.61. The third kappa shape index (κ3) is 3.17. The number of H-pyrrole nitrogens is 1. The van der Waals surface area contributed by atoms with Crippen LogP contribution < -0.4 is 10.2 Å². The summed E-state index contributed by atoms with van der Waals surface area (Å²) in [7, 11) is 0. The lowest BCUT2D eigenvalue weighted by Gasteiger charge is -2.25. The fraction of sp³-hybridized carbons (Fsp3) is 0.250. The predicted molar refractivity (Wildman–Crippen MR) is 103 cm³/mol. The van der Waals surface area contributed by atoms with E-state index in [0.29, 0.717) is 40.5 Å². The molecule has 0 unspecified atom stereocenters. The minimum absolute atomic E-state index is 0.212. The lowest BCUT2D eigenvalue weighted by atomic mass is 10.2. The van der Waals surface area contributed by atoms with Crippen LogP contribution in [0, 0.1) is 0 Å². The minimum atomic E-state index is -4.49. The van der Waals surface area contributed by atoms with Crippen molar-refractivity contribution in [2.75, 3.05) is 16.8 Å². The molecule has 4 heterocycles. The molecule has 0 atom stereocenters. The number of hydrogen-bond acceptors (Lipinski definition) is 7. The van der Waals surface area contributed by atoms with Crippen LogP contribution >= 0.6 is 22.9 Å². The molecule has 0 bridgehead atoms. The number of aryl methyl sites for hydroxylation is 1. The van der Waals surface area contributed by atoms with Gasteiger partial charge in [0.05, 0.1) is 22.4 Å². The lowest BCUT2D eigenvalue weighted by molar-refractivity contribution is -0.140. The van der Waals surface area contributed by atoms with Crippen molar-refractivity contribution < 1.29 is 13.2 Å². The number of halogens is 4. The van der Waals surface area contributed by atoms with Crippen molar-refractivity contribution in [1.82, 2.24) is 29.9 Å². The highest BCUT2D eigenvalue weighted by atomic mass is 35.5. The van der Waals surface area contributed by atoms with Crippen molar-refractivity contribution in [1.29, 1.82) is 0 Å². The number of aromatic amines is 1. The van der Waals surface area contributed by atoms with E-state index in [1.807, 2.05) is 6.07 Å². The van der Waals surface area contributed by atoms with Gasteiger partial charge in [-0.2, -0.15) is 18.3 Å². The van der Waals surface area contributed by atoms with E-state index in [4.69, 9.17) is 11.6 Å². The van der Waals surface area contributed by atoms with E-state index < -0.39 is 11.9 Å². The highest BCUT2D eigenvalue weighted by molar-refractivity contribution is 7.19. The van der Waals surface area contributed by atoms with Crippen molar-refractivity contribution in [2.45, 2.75) is 19.1 Å². The normalized spacial score (nSPS) is 14.4. The van der Waals surface area contributed by atoms with Crippen LogP contribution in [-0.2, 0) is 12.7 Å². The summed E-state index contributed by atoms with van der Waals surface area (Å²) in [5, 5.41) is 20.3. The fourth-order valence-electron chi connectivity index (χ4n) is 3.17. The topological polar surface area (TPSA) is 87.5 Å². The van der Waals surface area contributed by atoms with Gasteiger partial charge in [-0.15, -0.1) is 10.2 Å². The third-order valence-electron chi connectivity index (χ3n) is 4.51. The molecule has 150 valence electrons. The smallest absolute Gasteiger partial charge is 0.329 e. The summed E-state index contributed by atoms with van der Waals surface area (Å²) in [5.41, 5.74) is 0.518. The molecule has 0 amide bonds. The Bertz CT molecular complexity index is 1200.